The third-order valence-corrected chi connectivity index (χ3v) is 7.71. The molecular weight excluding hydrogens is 456 g/mol. The van der Waals surface area contributed by atoms with Crippen molar-refractivity contribution in [2.45, 2.75) is 38.5 Å². The number of hydrogen-bond acceptors (Lipinski definition) is 7. The summed E-state index contributed by atoms with van der Waals surface area (Å²) in [7, 11) is 2.03. The van der Waals surface area contributed by atoms with Crippen molar-refractivity contribution in [3.8, 4) is 0 Å². The van der Waals surface area contributed by atoms with Crippen LogP contribution in [0.1, 0.15) is 38.5 Å². The number of H-pyrrole nitrogens is 1. The Morgan fingerprint density at radius 2 is 1.39 bits per heavy atom. The van der Waals surface area contributed by atoms with Crippen LogP contribution in [0.4, 0.5) is 11.6 Å². The summed E-state index contributed by atoms with van der Waals surface area (Å²) in [5.74, 6) is 2.36. The molecule has 0 radical (unpaired) electrons. The number of aryl methyl sites for hydroxylation is 1. The molecule has 2 fully saturated rings. The van der Waals surface area contributed by atoms with Crippen LogP contribution in [-0.2, 0) is 7.05 Å². The maximum absolute atomic E-state index is 4.63. The molecule has 31 heavy (non-hydrogen) atoms. The number of hydrogen-bond donors (Lipinski definition) is 1. The third-order valence-electron chi connectivity index (χ3n) is 5.90. The summed E-state index contributed by atoms with van der Waals surface area (Å²) in [6.45, 7) is 4.67. The second-order valence-corrected chi connectivity index (χ2v) is 9.72. The van der Waals surface area contributed by atoms with Gasteiger partial charge in [0.2, 0.25) is 0 Å². The average molecular weight is 485 g/mol. The molecule has 0 amide bonds. The molecule has 2 aliphatic rings. The Bertz CT molecular complexity index is 1070. The first-order chi connectivity index (χ1) is 14.3. The van der Waals surface area contributed by atoms with Crippen LogP contribution in [-0.4, -0.2) is 51.6 Å². The zero-order valence-electron chi connectivity index (χ0n) is 18.4. The molecule has 0 aliphatic carbocycles. The smallest absolute Gasteiger partial charge is 0.870 e. The number of fused-ring (bicyclic) bond motifs is 2. The second-order valence-electron chi connectivity index (χ2n) is 7.89. The van der Waals surface area contributed by atoms with E-state index in [1.54, 1.807) is 22.7 Å². The van der Waals surface area contributed by atoms with Crippen LogP contribution in [0.3, 0.4) is 0 Å². The first-order valence-electron chi connectivity index (χ1n) is 10.6. The first kappa shape index (κ1) is 25.2. The maximum atomic E-state index is 4.63. The largest absolute Gasteiger partial charge is 1.00 e. The molecule has 2 saturated heterocycles. The molecule has 0 spiro atoms. The number of anilines is 2. The topological polar surface area (TPSA) is 83.0 Å². The van der Waals surface area contributed by atoms with Gasteiger partial charge >= 0.3 is 51.4 Å². The van der Waals surface area contributed by atoms with Crippen LogP contribution in [0.5, 0.6) is 0 Å². The van der Waals surface area contributed by atoms with Gasteiger partial charge in [0.05, 0.1) is 20.4 Å². The van der Waals surface area contributed by atoms with Gasteiger partial charge in [-0.15, -0.1) is 22.7 Å². The maximum Gasteiger partial charge on any atom is 1.00 e. The van der Waals surface area contributed by atoms with Crippen molar-refractivity contribution >= 4 is 54.7 Å². The van der Waals surface area contributed by atoms with Crippen LogP contribution < -0.4 is 61.2 Å². The Balaban J connectivity index is 0.000000165. The van der Waals surface area contributed by atoms with Gasteiger partial charge in [-0.05, 0) is 61.4 Å². The van der Waals surface area contributed by atoms with Crippen molar-refractivity contribution in [1.82, 2.24) is 20.0 Å². The summed E-state index contributed by atoms with van der Waals surface area (Å²) < 4.78 is 4.65. The van der Waals surface area contributed by atoms with E-state index in [1.807, 2.05) is 11.7 Å². The van der Waals surface area contributed by atoms with Gasteiger partial charge in [0.15, 0.2) is 11.6 Å². The normalized spacial score (nSPS) is 16.5. The molecule has 4 aromatic heterocycles. The van der Waals surface area contributed by atoms with Gasteiger partial charge in [-0.1, -0.05) is 0 Å². The van der Waals surface area contributed by atoms with Crippen molar-refractivity contribution in [3.63, 3.8) is 0 Å². The van der Waals surface area contributed by atoms with E-state index in [1.165, 1.54) is 77.9 Å². The average Bonchev–Trinajstić information content (AvgIpc) is 3.53. The third kappa shape index (κ3) is 5.38. The molecule has 0 saturated carbocycles. The van der Waals surface area contributed by atoms with Crippen molar-refractivity contribution in [1.29, 1.82) is 0 Å². The fraction of sp³-hybridized carbons (Fsp3) is 0.524. The number of rotatable bonds is 2. The summed E-state index contributed by atoms with van der Waals surface area (Å²) in [5, 5.41) is 16.4. The number of piperidine rings is 2. The van der Waals surface area contributed by atoms with Gasteiger partial charge in [0.25, 0.3) is 0 Å². The number of thiophene rings is 2. The Morgan fingerprint density at radius 3 is 2.06 bits per heavy atom. The SMILES string of the molecule is Cn1nc(N2CCCCC2)c2sccc21.[K+].[OH-].c1cc2[nH]nc(N3CCCCC3)c2s1. The molecule has 10 heteroatoms. The van der Waals surface area contributed by atoms with E-state index in [-0.39, 0.29) is 56.9 Å². The molecular formula is C21H29KN6OS2. The van der Waals surface area contributed by atoms with Crippen LogP contribution in [0.15, 0.2) is 22.9 Å². The summed E-state index contributed by atoms with van der Waals surface area (Å²) in [6, 6.07) is 4.25. The first-order valence-corrected chi connectivity index (χ1v) is 12.4. The van der Waals surface area contributed by atoms with Crippen molar-refractivity contribution < 1.29 is 56.9 Å². The fourth-order valence-electron chi connectivity index (χ4n) is 4.33. The minimum absolute atomic E-state index is 0. The van der Waals surface area contributed by atoms with Crippen LogP contribution >= 0.6 is 22.7 Å². The molecule has 0 bridgehead atoms. The van der Waals surface area contributed by atoms with E-state index in [2.05, 4.69) is 48.0 Å². The Morgan fingerprint density at radius 1 is 0.806 bits per heavy atom. The standard InChI is InChI=1S/C11H15N3S.C10H13N3S.K.H2O/c1-13-9-5-8-15-10(9)11(12-13)14-6-3-2-4-7-14;1-2-5-13(6-3-1)10-9-8(11-12-10)4-7-14-9;;/h5,8H,2-4,6-7H2,1H3;4,7H,1-3,5-6H2,(H,11,12);;1H2/q;;+1;/p-1. The quantitative estimate of drug-likeness (QED) is 0.441. The van der Waals surface area contributed by atoms with Gasteiger partial charge in [-0.25, -0.2) is 0 Å². The van der Waals surface area contributed by atoms with Crippen LogP contribution in [0.25, 0.3) is 20.4 Å². The minimum Gasteiger partial charge on any atom is -0.870 e. The predicted octanol–water partition coefficient (Wildman–Crippen LogP) is 2.07. The van der Waals surface area contributed by atoms with Crippen LogP contribution in [0.2, 0.25) is 0 Å². The fourth-order valence-corrected chi connectivity index (χ4v) is 6.12. The number of aromatic amines is 1. The molecule has 0 unspecified atom stereocenters. The van der Waals surface area contributed by atoms with Crippen molar-refractivity contribution in [3.05, 3.63) is 22.9 Å². The summed E-state index contributed by atoms with van der Waals surface area (Å²) in [4.78, 5) is 4.83. The van der Waals surface area contributed by atoms with E-state index in [4.69, 9.17) is 0 Å². The van der Waals surface area contributed by atoms with E-state index >= 15 is 0 Å². The monoisotopic (exact) mass is 484 g/mol. The van der Waals surface area contributed by atoms with Gasteiger partial charge in [0.1, 0.15) is 0 Å². The molecule has 6 heterocycles. The van der Waals surface area contributed by atoms with Crippen LogP contribution in [0, 0.1) is 0 Å². The Hall–Kier alpha value is -0.464. The minimum atomic E-state index is 0. The molecule has 0 atom stereocenters. The van der Waals surface area contributed by atoms with Gasteiger partial charge in [-0.3, -0.25) is 9.78 Å². The molecule has 7 nitrogen and oxygen atoms in total. The molecule has 6 rings (SSSR count). The van der Waals surface area contributed by atoms with Crippen molar-refractivity contribution in [2.24, 2.45) is 7.05 Å². The van der Waals surface area contributed by atoms with E-state index in [0.717, 1.165) is 18.9 Å². The van der Waals surface area contributed by atoms with Gasteiger partial charge < -0.3 is 15.3 Å². The molecule has 0 aromatic carbocycles. The molecule has 2 aliphatic heterocycles. The molecule has 162 valence electrons. The Kier molecular flexibility index (Phi) is 9.42. The van der Waals surface area contributed by atoms with E-state index < -0.39 is 0 Å². The summed E-state index contributed by atoms with van der Waals surface area (Å²) >= 11 is 3.58. The van der Waals surface area contributed by atoms with Gasteiger partial charge in [0, 0.05) is 33.2 Å². The van der Waals surface area contributed by atoms with Gasteiger partial charge in [-0.2, -0.15) is 10.2 Å². The van der Waals surface area contributed by atoms with Crippen molar-refractivity contribution in [2.75, 3.05) is 36.0 Å². The molecule has 4 aromatic rings. The number of nitrogens with one attached hydrogen (secondary N) is 1. The molecule has 2 N–H and O–H groups in total. The zero-order valence-corrected chi connectivity index (χ0v) is 23.1. The Labute approximate surface area is 233 Å². The summed E-state index contributed by atoms with van der Waals surface area (Å²) in [5.41, 5.74) is 2.44. The predicted molar refractivity (Wildman–Crippen MR) is 127 cm³/mol. The summed E-state index contributed by atoms with van der Waals surface area (Å²) in [6.07, 6.45) is 7.97. The van der Waals surface area contributed by atoms with E-state index in [0.29, 0.717) is 0 Å². The number of aromatic nitrogens is 4. The zero-order chi connectivity index (χ0) is 19.6. The second kappa shape index (κ2) is 11.6. The van der Waals surface area contributed by atoms with E-state index in [9.17, 15) is 0 Å². The number of nitrogens with zero attached hydrogens (tertiary/aromatic N) is 5.